The molecule has 0 radical (unpaired) electrons. The third-order valence-corrected chi connectivity index (χ3v) is 5.62. The molecule has 176 valence electrons. The quantitative estimate of drug-likeness (QED) is 0.472. The third-order valence-electron chi connectivity index (χ3n) is 5.62. The van der Waals surface area contributed by atoms with Crippen molar-refractivity contribution in [2.75, 3.05) is 36.0 Å². The van der Waals surface area contributed by atoms with Gasteiger partial charge in [-0.05, 0) is 51.2 Å². The van der Waals surface area contributed by atoms with Gasteiger partial charge < -0.3 is 26.4 Å². The number of carbonyl (C=O) groups is 1. The molecular formula is C23H32N8O2. The summed E-state index contributed by atoms with van der Waals surface area (Å²) in [5.41, 5.74) is 13.9. The van der Waals surface area contributed by atoms with Crippen LogP contribution in [0.4, 0.5) is 22.4 Å². The molecule has 6 N–H and O–H groups in total. The number of benzene rings is 1. The Hall–Kier alpha value is -3.56. The Kier molecular flexibility index (Phi) is 6.01. The van der Waals surface area contributed by atoms with Crippen molar-refractivity contribution >= 4 is 34.6 Å². The number of hydrogen-bond donors (Lipinski definition) is 4. The van der Waals surface area contributed by atoms with Crippen molar-refractivity contribution in [3.05, 3.63) is 24.3 Å². The number of hydrogen-bond acceptors (Lipinski definition) is 8. The van der Waals surface area contributed by atoms with Gasteiger partial charge in [-0.1, -0.05) is 13.0 Å². The number of ether oxygens (including phenoxy) is 1. The van der Waals surface area contributed by atoms with Crippen LogP contribution in [0, 0.1) is 11.8 Å². The van der Waals surface area contributed by atoms with E-state index in [1.54, 1.807) is 0 Å². The molecule has 0 aliphatic carbocycles. The number of carbonyl (C=O) groups excluding carboxylic acids is 1. The molecule has 3 heterocycles. The molecule has 2 atom stereocenters. The Balaban J connectivity index is 1.51. The number of amides is 1. The number of aromatic nitrogens is 4. The van der Waals surface area contributed by atoms with Crippen molar-refractivity contribution in [1.82, 2.24) is 25.5 Å². The van der Waals surface area contributed by atoms with Gasteiger partial charge in [-0.3, -0.25) is 5.10 Å². The lowest BCUT2D eigenvalue weighted by atomic mass is 9.90. The summed E-state index contributed by atoms with van der Waals surface area (Å²) in [5.74, 6) is 2.16. The van der Waals surface area contributed by atoms with Gasteiger partial charge in [0.2, 0.25) is 5.95 Å². The number of nitrogens with two attached hydrogens (primary N) is 2. The topological polar surface area (TPSA) is 148 Å². The van der Waals surface area contributed by atoms with E-state index in [2.05, 4.69) is 37.3 Å². The van der Waals surface area contributed by atoms with Crippen molar-refractivity contribution in [2.45, 2.75) is 39.7 Å². The first-order chi connectivity index (χ1) is 15.6. The number of piperidine rings is 1. The Bertz CT molecular complexity index is 1150. The van der Waals surface area contributed by atoms with E-state index in [0.717, 1.165) is 47.5 Å². The Labute approximate surface area is 193 Å². The van der Waals surface area contributed by atoms with Gasteiger partial charge in [-0.15, -0.1) is 0 Å². The molecule has 1 fully saturated rings. The number of nitrogen functional groups attached to an aromatic ring is 2. The second-order valence-corrected chi connectivity index (χ2v) is 9.83. The molecule has 1 aliphatic heterocycles. The lowest BCUT2D eigenvalue weighted by Crippen LogP contribution is -2.45. The predicted molar refractivity (Wildman–Crippen MR) is 130 cm³/mol. The molecule has 0 spiro atoms. The van der Waals surface area contributed by atoms with Crippen LogP contribution in [-0.2, 0) is 4.74 Å². The summed E-state index contributed by atoms with van der Waals surface area (Å²) in [6.45, 7) is 9.92. The Morgan fingerprint density at radius 2 is 2.03 bits per heavy atom. The van der Waals surface area contributed by atoms with Crippen LogP contribution in [0.3, 0.4) is 0 Å². The highest BCUT2D eigenvalue weighted by Gasteiger charge is 2.27. The predicted octanol–water partition coefficient (Wildman–Crippen LogP) is 3.17. The van der Waals surface area contributed by atoms with E-state index in [0.29, 0.717) is 18.3 Å². The van der Waals surface area contributed by atoms with Gasteiger partial charge in [0.15, 0.2) is 5.82 Å². The van der Waals surface area contributed by atoms with Crippen molar-refractivity contribution in [3.8, 4) is 11.3 Å². The SMILES string of the molecule is C[C@@H]1C[C@H](CNC(=O)OC(C)(C)C)CN(c2cc(-c3ccc4c(N)n[nH]c4c3)nc(N)n2)C1. The first-order valence-electron chi connectivity index (χ1n) is 11.2. The van der Waals surface area contributed by atoms with Gasteiger partial charge in [-0.25, -0.2) is 9.78 Å². The number of aromatic amines is 1. The minimum atomic E-state index is -0.518. The normalized spacial score (nSPS) is 19.0. The highest BCUT2D eigenvalue weighted by atomic mass is 16.6. The zero-order valence-electron chi connectivity index (χ0n) is 19.6. The summed E-state index contributed by atoms with van der Waals surface area (Å²) >= 11 is 0. The minimum absolute atomic E-state index is 0.216. The molecule has 1 saturated heterocycles. The highest BCUT2D eigenvalue weighted by molar-refractivity contribution is 5.91. The number of nitrogens with one attached hydrogen (secondary N) is 2. The maximum atomic E-state index is 12.1. The number of alkyl carbamates (subject to hydrolysis) is 1. The number of rotatable bonds is 4. The average molecular weight is 453 g/mol. The lowest BCUT2D eigenvalue weighted by Gasteiger charge is -2.37. The molecule has 2 aromatic heterocycles. The summed E-state index contributed by atoms with van der Waals surface area (Å²) in [4.78, 5) is 23.2. The van der Waals surface area contributed by atoms with Crippen molar-refractivity contribution in [2.24, 2.45) is 11.8 Å². The molecule has 1 aliphatic rings. The Morgan fingerprint density at radius 3 is 2.79 bits per heavy atom. The van der Waals surface area contributed by atoms with Crippen LogP contribution in [0.25, 0.3) is 22.2 Å². The Morgan fingerprint density at radius 1 is 1.24 bits per heavy atom. The van der Waals surface area contributed by atoms with Gasteiger partial charge in [0.05, 0.1) is 11.2 Å². The van der Waals surface area contributed by atoms with Crippen LogP contribution in [0.2, 0.25) is 0 Å². The summed E-state index contributed by atoms with van der Waals surface area (Å²) < 4.78 is 5.36. The molecule has 1 amide bonds. The second kappa shape index (κ2) is 8.76. The van der Waals surface area contributed by atoms with Gasteiger partial charge in [0.1, 0.15) is 11.4 Å². The van der Waals surface area contributed by atoms with E-state index < -0.39 is 11.7 Å². The summed E-state index contributed by atoms with van der Waals surface area (Å²) in [6.07, 6.45) is 0.619. The molecule has 0 saturated carbocycles. The molecule has 1 aromatic carbocycles. The van der Waals surface area contributed by atoms with E-state index in [-0.39, 0.29) is 11.9 Å². The lowest BCUT2D eigenvalue weighted by molar-refractivity contribution is 0.0516. The van der Waals surface area contributed by atoms with E-state index >= 15 is 0 Å². The van der Waals surface area contributed by atoms with Gasteiger partial charge in [0, 0.05) is 36.7 Å². The van der Waals surface area contributed by atoms with Crippen LogP contribution in [-0.4, -0.2) is 51.5 Å². The van der Waals surface area contributed by atoms with Crippen LogP contribution in [0.1, 0.15) is 34.1 Å². The van der Waals surface area contributed by atoms with E-state index in [9.17, 15) is 4.79 Å². The first-order valence-corrected chi connectivity index (χ1v) is 11.2. The first kappa shape index (κ1) is 22.6. The maximum Gasteiger partial charge on any atom is 0.407 e. The van der Waals surface area contributed by atoms with Crippen molar-refractivity contribution in [3.63, 3.8) is 0 Å². The summed E-state index contributed by atoms with van der Waals surface area (Å²) in [6, 6.07) is 7.78. The summed E-state index contributed by atoms with van der Waals surface area (Å²) in [7, 11) is 0. The fraction of sp³-hybridized carbons (Fsp3) is 0.478. The minimum Gasteiger partial charge on any atom is -0.444 e. The van der Waals surface area contributed by atoms with Crippen LogP contribution in [0.5, 0.6) is 0 Å². The molecule has 10 nitrogen and oxygen atoms in total. The highest BCUT2D eigenvalue weighted by Crippen LogP contribution is 2.30. The van der Waals surface area contributed by atoms with Crippen LogP contribution >= 0.6 is 0 Å². The standard InChI is InChI=1S/C23H32N8O2/c1-13-7-14(10-26-22(32)33-23(2,3)4)12-31(11-13)19-9-17(27-21(25)28-19)15-5-6-16-18(8-15)29-30-20(16)24/h5-6,8-9,13-14H,7,10-12H2,1-4H3,(H,26,32)(H3,24,29,30)(H2,25,27,28)/t13-,14-/m1/s1. The van der Waals surface area contributed by atoms with E-state index in [1.165, 1.54) is 0 Å². The average Bonchev–Trinajstić information content (AvgIpc) is 3.10. The van der Waals surface area contributed by atoms with Gasteiger partial charge in [0.25, 0.3) is 0 Å². The number of H-pyrrole nitrogens is 1. The fourth-order valence-electron chi connectivity index (χ4n) is 4.32. The zero-order valence-corrected chi connectivity index (χ0v) is 19.6. The molecule has 33 heavy (non-hydrogen) atoms. The van der Waals surface area contributed by atoms with Crippen LogP contribution < -0.4 is 21.7 Å². The number of fused-ring (bicyclic) bond motifs is 1. The number of anilines is 3. The zero-order chi connectivity index (χ0) is 23.8. The van der Waals surface area contributed by atoms with E-state index in [1.807, 2.05) is 45.0 Å². The number of nitrogens with zero attached hydrogens (tertiary/aromatic N) is 4. The van der Waals surface area contributed by atoms with E-state index in [4.69, 9.17) is 16.2 Å². The molecular weight excluding hydrogens is 420 g/mol. The molecule has 10 heteroatoms. The maximum absolute atomic E-state index is 12.1. The van der Waals surface area contributed by atoms with Gasteiger partial charge >= 0.3 is 6.09 Å². The second-order valence-electron chi connectivity index (χ2n) is 9.83. The fourth-order valence-corrected chi connectivity index (χ4v) is 4.32. The van der Waals surface area contributed by atoms with Crippen molar-refractivity contribution in [1.29, 1.82) is 0 Å². The summed E-state index contributed by atoms with van der Waals surface area (Å²) in [5, 5.41) is 10.8. The molecule has 0 unspecified atom stereocenters. The molecule has 3 aromatic rings. The van der Waals surface area contributed by atoms with Gasteiger partial charge in [-0.2, -0.15) is 10.1 Å². The van der Waals surface area contributed by atoms with Crippen molar-refractivity contribution < 1.29 is 9.53 Å². The molecule has 0 bridgehead atoms. The third kappa shape index (κ3) is 5.44. The molecule has 4 rings (SSSR count). The van der Waals surface area contributed by atoms with Crippen LogP contribution in [0.15, 0.2) is 24.3 Å². The smallest absolute Gasteiger partial charge is 0.407 e. The largest absolute Gasteiger partial charge is 0.444 e. The monoisotopic (exact) mass is 452 g/mol.